The fourth-order valence-electron chi connectivity index (χ4n) is 1.53. The zero-order valence-corrected chi connectivity index (χ0v) is 12.9. The Bertz CT molecular complexity index is 273. The zero-order valence-electron chi connectivity index (χ0n) is 12.9. The highest BCUT2D eigenvalue weighted by molar-refractivity contribution is 5.72. The van der Waals surface area contributed by atoms with Gasteiger partial charge in [-0.2, -0.15) is 0 Å². The SMILES string of the molecule is CCCC(C)OC(=O)CCCC(=O)OC(C)C(C)C. The van der Waals surface area contributed by atoms with Crippen LogP contribution in [0.4, 0.5) is 0 Å². The van der Waals surface area contributed by atoms with Crippen LogP contribution in [-0.2, 0) is 19.1 Å². The summed E-state index contributed by atoms with van der Waals surface area (Å²) in [6.45, 7) is 9.83. The molecule has 0 rings (SSSR count). The lowest BCUT2D eigenvalue weighted by Gasteiger charge is -2.16. The highest BCUT2D eigenvalue weighted by atomic mass is 16.5. The molecular weight excluding hydrogens is 244 g/mol. The molecule has 0 aliphatic rings. The summed E-state index contributed by atoms with van der Waals surface area (Å²) >= 11 is 0. The van der Waals surface area contributed by atoms with Crippen molar-refractivity contribution in [3.05, 3.63) is 0 Å². The lowest BCUT2D eigenvalue weighted by Crippen LogP contribution is -2.20. The van der Waals surface area contributed by atoms with Gasteiger partial charge in [0.1, 0.15) is 6.10 Å². The Morgan fingerprint density at radius 2 is 1.47 bits per heavy atom. The van der Waals surface area contributed by atoms with Gasteiger partial charge >= 0.3 is 11.9 Å². The molecule has 112 valence electrons. The van der Waals surface area contributed by atoms with Crippen molar-refractivity contribution >= 4 is 11.9 Å². The van der Waals surface area contributed by atoms with Crippen LogP contribution in [0.1, 0.15) is 66.7 Å². The maximum atomic E-state index is 11.5. The molecule has 0 saturated heterocycles. The van der Waals surface area contributed by atoms with Crippen molar-refractivity contribution in [1.82, 2.24) is 0 Å². The van der Waals surface area contributed by atoms with Gasteiger partial charge in [0.15, 0.2) is 0 Å². The average molecular weight is 272 g/mol. The third-order valence-electron chi connectivity index (χ3n) is 3.05. The van der Waals surface area contributed by atoms with Gasteiger partial charge in [-0.3, -0.25) is 9.59 Å². The van der Waals surface area contributed by atoms with Crippen molar-refractivity contribution in [3.8, 4) is 0 Å². The molecule has 0 bridgehead atoms. The second-order valence-electron chi connectivity index (χ2n) is 5.38. The number of hydrogen-bond donors (Lipinski definition) is 0. The molecule has 2 unspecified atom stereocenters. The average Bonchev–Trinajstić information content (AvgIpc) is 2.28. The molecule has 0 aliphatic heterocycles. The molecule has 0 amide bonds. The Labute approximate surface area is 116 Å². The van der Waals surface area contributed by atoms with Crippen LogP contribution >= 0.6 is 0 Å². The summed E-state index contributed by atoms with van der Waals surface area (Å²) in [5.74, 6) is -0.162. The highest BCUT2D eigenvalue weighted by Crippen LogP contribution is 2.09. The third-order valence-corrected chi connectivity index (χ3v) is 3.05. The van der Waals surface area contributed by atoms with E-state index in [1.165, 1.54) is 0 Å². The van der Waals surface area contributed by atoms with Crippen molar-refractivity contribution in [2.24, 2.45) is 5.92 Å². The summed E-state index contributed by atoms with van der Waals surface area (Å²) in [5.41, 5.74) is 0. The van der Waals surface area contributed by atoms with Crippen LogP contribution < -0.4 is 0 Å². The minimum absolute atomic E-state index is 0.0367. The molecule has 0 aromatic rings. The van der Waals surface area contributed by atoms with E-state index >= 15 is 0 Å². The second-order valence-corrected chi connectivity index (χ2v) is 5.38. The van der Waals surface area contributed by atoms with Gasteiger partial charge in [0.05, 0.1) is 6.10 Å². The Morgan fingerprint density at radius 3 is 1.95 bits per heavy atom. The normalized spacial score (nSPS) is 14.0. The predicted octanol–water partition coefficient (Wildman–Crippen LogP) is 3.48. The van der Waals surface area contributed by atoms with Crippen LogP contribution in [0.25, 0.3) is 0 Å². The molecule has 4 nitrogen and oxygen atoms in total. The minimum atomic E-state index is -0.240. The molecule has 0 aromatic carbocycles. The van der Waals surface area contributed by atoms with Crippen LogP contribution in [-0.4, -0.2) is 24.1 Å². The lowest BCUT2D eigenvalue weighted by atomic mass is 10.1. The van der Waals surface area contributed by atoms with Crippen LogP contribution in [0.5, 0.6) is 0 Å². The van der Waals surface area contributed by atoms with Gasteiger partial charge in [-0.1, -0.05) is 27.2 Å². The monoisotopic (exact) mass is 272 g/mol. The van der Waals surface area contributed by atoms with E-state index in [-0.39, 0.29) is 37.0 Å². The van der Waals surface area contributed by atoms with Crippen LogP contribution in [0, 0.1) is 5.92 Å². The fraction of sp³-hybridized carbons (Fsp3) is 0.867. The van der Waals surface area contributed by atoms with E-state index in [9.17, 15) is 9.59 Å². The standard InChI is InChI=1S/C15H28O4/c1-6-8-12(4)18-14(16)9-7-10-15(17)19-13(5)11(2)3/h11-13H,6-10H2,1-5H3. The first-order valence-corrected chi connectivity index (χ1v) is 7.25. The van der Waals surface area contributed by atoms with Gasteiger partial charge in [0, 0.05) is 12.8 Å². The topological polar surface area (TPSA) is 52.6 Å². The fourth-order valence-corrected chi connectivity index (χ4v) is 1.53. The van der Waals surface area contributed by atoms with Gasteiger partial charge in [-0.05, 0) is 32.6 Å². The Balaban J connectivity index is 3.73. The Kier molecular flexibility index (Phi) is 9.27. The van der Waals surface area contributed by atoms with Crippen molar-refractivity contribution in [1.29, 1.82) is 0 Å². The maximum Gasteiger partial charge on any atom is 0.306 e. The smallest absolute Gasteiger partial charge is 0.306 e. The van der Waals surface area contributed by atoms with E-state index in [4.69, 9.17) is 9.47 Å². The van der Waals surface area contributed by atoms with Crippen LogP contribution in [0.15, 0.2) is 0 Å². The Morgan fingerprint density at radius 1 is 0.947 bits per heavy atom. The van der Waals surface area contributed by atoms with Gasteiger partial charge in [0.2, 0.25) is 0 Å². The molecule has 0 spiro atoms. The number of ether oxygens (including phenoxy) is 2. The Hall–Kier alpha value is -1.06. The maximum absolute atomic E-state index is 11.5. The zero-order chi connectivity index (χ0) is 14.8. The first-order valence-electron chi connectivity index (χ1n) is 7.25. The third kappa shape index (κ3) is 9.51. The first-order chi connectivity index (χ1) is 8.86. The summed E-state index contributed by atoms with van der Waals surface area (Å²) in [6, 6.07) is 0. The number of rotatable bonds is 9. The van der Waals surface area contributed by atoms with E-state index in [1.807, 2.05) is 27.7 Å². The largest absolute Gasteiger partial charge is 0.463 e. The van der Waals surface area contributed by atoms with Gasteiger partial charge in [-0.25, -0.2) is 0 Å². The van der Waals surface area contributed by atoms with Gasteiger partial charge < -0.3 is 9.47 Å². The van der Waals surface area contributed by atoms with Gasteiger partial charge in [-0.15, -0.1) is 0 Å². The molecule has 0 radical (unpaired) electrons. The molecule has 0 aliphatic carbocycles. The minimum Gasteiger partial charge on any atom is -0.463 e. The molecule has 0 N–H and O–H groups in total. The first kappa shape index (κ1) is 17.9. The number of carbonyl (C=O) groups excluding carboxylic acids is 2. The van der Waals surface area contributed by atoms with Gasteiger partial charge in [0.25, 0.3) is 0 Å². The van der Waals surface area contributed by atoms with E-state index in [2.05, 4.69) is 6.92 Å². The second kappa shape index (κ2) is 9.82. The van der Waals surface area contributed by atoms with Crippen LogP contribution in [0.3, 0.4) is 0 Å². The molecule has 0 aromatic heterocycles. The summed E-state index contributed by atoms with van der Waals surface area (Å²) in [7, 11) is 0. The number of esters is 2. The molecule has 0 fully saturated rings. The summed E-state index contributed by atoms with van der Waals surface area (Å²) in [6.07, 6.45) is 2.79. The van der Waals surface area contributed by atoms with E-state index < -0.39 is 0 Å². The molecular formula is C15H28O4. The summed E-state index contributed by atoms with van der Waals surface area (Å²) in [4.78, 5) is 23.0. The molecule has 4 heteroatoms. The molecule has 0 saturated carbocycles. The predicted molar refractivity (Wildman–Crippen MR) is 74.7 cm³/mol. The summed E-state index contributed by atoms with van der Waals surface area (Å²) in [5, 5.41) is 0. The molecule has 0 heterocycles. The number of carbonyl (C=O) groups is 2. The highest BCUT2D eigenvalue weighted by Gasteiger charge is 2.14. The number of hydrogen-bond acceptors (Lipinski definition) is 4. The lowest BCUT2D eigenvalue weighted by molar-refractivity contribution is -0.151. The molecule has 2 atom stereocenters. The van der Waals surface area contributed by atoms with Crippen molar-refractivity contribution in [2.75, 3.05) is 0 Å². The van der Waals surface area contributed by atoms with Crippen molar-refractivity contribution in [3.63, 3.8) is 0 Å². The van der Waals surface area contributed by atoms with Crippen molar-refractivity contribution in [2.45, 2.75) is 78.9 Å². The van der Waals surface area contributed by atoms with E-state index in [1.54, 1.807) is 0 Å². The van der Waals surface area contributed by atoms with E-state index in [0.29, 0.717) is 12.3 Å². The van der Waals surface area contributed by atoms with Crippen molar-refractivity contribution < 1.29 is 19.1 Å². The molecule has 19 heavy (non-hydrogen) atoms. The quantitative estimate of drug-likeness (QED) is 0.603. The van der Waals surface area contributed by atoms with E-state index in [0.717, 1.165) is 12.8 Å². The van der Waals surface area contributed by atoms with Crippen LogP contribution in [0.2, 0.25) is 0 Å². The summed E-state index contributed by atoms with van der Waals surface area (Å²) < 4.78 is 10.4.